The standard InChI is InChI=1S/C16H21N3O/c1-11(2)14-8-5-7-12(3)15(14)18-16(20)13(4)19-10-6-9-17-19/h5-11,13H,1-4H3,(H,18,20). The summed E-state index contributed by atoms with van der Waals surface area (Å²) in [5, 5.41) is 7.16. The molecule has 4 nitrogen and oxygen atoms in total. The lowest BCUT2D eigenvalue weighted by Crippen LogP contribution is -2.25. The van der Waals surface area contributed by atoms with E-state index < -0.39 is 0 Å². The van der Waals surface area contributed by atoms with Crippen molar-refractivity contribution in [1.82, 2.24) is 9.78 Å². The lowest BCUT2D eigenvalue weighted by molar-refractivity contribution is -0.119. The van der Waals surface area contributed by atoms with Crippen LogP contribution in [-0.4, -0.2) is 15.7 Å². The molecule has 20 heavy (non-hydrogen) atoms. The van der Waals surface area contributed by atoms with Crippen LogP contribution in [-0.2, 0) is 4.79 Å². The van der Waals surface area contributed by atoms with Gasteiger partial charge in [0.25, 0.3) is 0 Å². The van der Waals surface area contributed by atoms with Gasteiger partial charge in [-0.3, -0.25) is 9.48 Å². The fourth-order valence-corrected chi connectivity index (χ4v) is 2.20. The van der Waals surface area contributed by atoms with Gasteiger partial charge in [0.1, 0.15) is 6.04 Å². The minimum absolute atomic E-state index is 0.0510. The maximum atomic E-state index is 12.4. The fourth-order valence-electron chi connectivity index (χ4n) is 2.20. The number of carbonyl (C=O) groups excluding carboxylic acids is 1. The quantitative estimate of drug-likeness (QED) is 0.925. The zero-order chi connectivity index (χ0) is 14.7. The average Bonchev–Trinajstić information content (AvgIpc) is 2.93. The van der Waals surface area contributed by atoms with E-state index in [0.717, 1.165) is 16.8 Å². The molecule has 0 aliphatic heterocycles. The Balaban J connectivity index is 2.24. The molecule has 1 aromatic heterocycles. The third kappa shape index (κ3) is 2.90. The number of anilines is 1. The summed E-state index contributed by atoms with van der Waals surface area (Å²) < 4.78 is 1.66. The highest BCUT2D eigenvalue weighted by atomic mass is 16.2. The molecule has 0 aliphatic rings. The van der Waals surface area contributed by atoms with E-state index in [4.69, 9.17) is 0 Å². The van der Waals surface area contributed by atoms with Gasteiger partial charge < -0.3 is 5.32 Å². The number of para-hydroxylation sites is 1. The summed E-state index contributed by atoms with van der Waals surface area (Å²) >= 11 is 0. The van der Waals surface area contributed by atoms with E-state index in [0.29, 0.717) is 5.92 Å². The third-order valence-corrected chi connectivity index (χ3v) is 3.48. The first-order valence-corrected chi connectivity index (χ1v) is 6.90. The van der Waals surface area contributed by atoms with Gasteiger partial charge in [-0.1, -0.05) is 32.0 Å². The van der Waals surface area contributed by atoms with Crippen molar-refractivity contribution in [2.24, 2.45) is 0 Å². The molecule has 0 saturated heterocycles. The molecule has 1 atom stereocenters. The molecule has 1 heterocycles. The van der Waals surface area contributed by atoms with E-state index in [2.05, 4.69) is 30.3 Å². The molecule has 1 aromatic carbocycles. The molecule has 1 unspecified atom stereocenters. The van der Waals surface area contributed by atoms with Gasteiger partial charge in [0.2, 0.25) is 5.91 Å². The van der Waals surface area contributed by atoms with Crippen molar-refractivity contribution in [2.45, 2.75) is 39.7 Å². The lowest BCUT2D eigenvalue weighted by Gasteiger charge is -2.19. The van der Waals surface area contributed by atoms with Crippen molar-refractivity contribution in [3.63, 3.8) is 0 Å². The van der Waals surface area contributed by atoms with Crippen LogP contribution < -0.4 is 5.32 Å². The summed E-state index contributed by atoms with van der Waals surface area (Å²) in [5.74, 6) is 0.315. The molecule has 0 radical (unpaired) electrons. The second-order valence-electron chi connectivity index (χ2n) is 5.35. The minimum atomic E-state index is -0.329. The van der Waals surface area contributed by atoms with Crippen LogP contribution >= 0.6 is 0 Å². The predicted molar refractivity (Wildman–Crippen MR) is 80.8 cm³/mol. The number of aromatic nitrogens is 2. The molecule has 0 fully saturated rings. The highest BCUT2D eigenvalue weighted by Crippen LogP contribution is 2.28. The zero-order valence-corrected chi connectivity index (χ0v) is 12.4. The number of nitrogens with one attached hydrogen (secondary N) is 1. The first-order valence-electron chi connectivity index (χ1n) is 6.90. The Kier molecular flexibility index (Phi) is 4.23. The first-order chi connectivity index (χ1) is 9.50. The summed E-state index contributed by atoms with van der Waals surface area (Å²) in [5.41, 5.74) is 3.16. The Labute approximate surface area is 119 Å². The number of carbonyl (C=O) groups is 1. The smallest absolute Gasteiger partial charge is 0.248 e. The molecule has 4 heteroatoms. The summed E-state index contributed by atoms with van der Waals surface area (Å²) in [6.45, 7) is 8.11. The van der Waals surface area contributed by atoms with Gasteiger partial charge in [0, 0.05) is 18.1 Å². The average molecular weight is 271 g/mol. The predicted octanol–water partition coefficient (Wildman–Crippen LogP) is 3.51. The number of hydrogen-bond donors (Lipinski definition) is 1. The Bertz CT molecular complexity index is 588. The van der Waals surface area contributed by atoms with Crippen LogP contribution in [0.4, 0.5) is 5.69 Å². The molecular formula is C16H21N3O. The molecule has 2 aromatic rings. The molecule has 0 spiro atoms. The summed E-state index contributed by atoms with van der Waals surface area (Å²) in [4.78, 5) is 12.4. The molecule has 1 amide bonds. The molecule has 106 valence electrons. The van der Waals surface area contributed by atoms with Crippen LogP contribution in [0.3, 0.4) is 0 Å². The van der Waals surface area contributed by atoms with Crippen molar-refractivity contribution < 1.29 is 4.79 Å². The Morgan fingerprint density at radius 2 is 2.00 bits per heavy atom. The van der Waals surface area contributed by atoms with Crippen molar-refractivity contribution in [3.05, 3.63) is 47.8 Å². The molecule has 2 rings (SSSR count). The number of benzene rings is 1. The van der Waals surface area contributed by atoms with Crippen molar-refractivity contribution in [3.8, 4) is 0 Å². The first kappa shape index (κ1) is 14.3. The maximum Gasteiger partial charge on any atom is 0.248 e. The van der Waals surface area contributed by atoms with Crippen LogP contribution in [0.15, 0.2) is 36.7 Å². The number of rotatable bonds is 4. The Hall–Kier alpha value is -2.10. The Morgan fingerprint density at radius 3 is 2.60 bits per heavy atom. The number of hydrogen-bond acceptors (Lipinski definition) is 2. The fraction of sp³-hybridized carbons (Fsp3) is 0.375. The summed E-state index contributed by atoms with van der Waals surface area (Å²) in [6.07, 6.45) is 3.47. The summed E-state index contributed by atoms with van der Waals surface area (Å²) in [7, 11) is 0. The van der Waals surface area contributed by atoms with E-state index in [1.165, 1.54) is 0 Å². The van der Waals surface area contributed by atoms with Gasteiger partial charge >= 0.3 is 0 Å². The van der Waals surface area contributed by atoms with Gasteiger partial charge in [0.05, 0.1) is 0 Å². The van der Waals surface area contributed by atoms with E-state index in [9.17, 15) is 4.79 Å². The maximum absolute atomic E-state index is 12.4. The largest absolute Gasteiger partial charge is 0.324 e. The minimum Gasteiger partial charge on any atom is -0.324 e. The van der Waals surface area contributed by atoms with E-state index in [1.54, 1.807) is 17.1 Å². The zero-order valence-electron chi connectivity index (χ0n) is 12.4. The van der Waals surface area contributed by atoms with Gasteiger partial charge in [-0.25, -0.2) is 0 Å². The highest BCUT2D eigenvalue weighted by molar-refractivity contribution is 5.95. The monoisotopic (exact) mass is 271 g/mol. The lowest BCUT2D eigenvalue weighted by atomic mass is 9.98. The topological polar surface area (TPSA) is 46.9 Å². The third-order valence-electron chi connectivity index (χ3n) is 3.48. The van der Waals surface area contributed by atoms with Crippen LogP contribution in [0.25, 0.3) is 0 Å². The van der Waals surface area contributed by atoms with Crippen molar-refractivity contribution in [1.29, 1.82) is 0 Å². The van der Waals surface area contributed by atoms with Crippen LogP contribution in [0.1, 0.15) is 43.9 Å². The van der Waals surface area contributed by atoms with Crippen molar-refractivity contribution in [2.75, 3.05) is 5.32 Å². The Morgan fingerprint density at radius 1 is 1.25 bits per heavy atom. The molecule has 0 saturated carbocycles. The van der Waals surface area contributed by atoms with E-state index in [1.807, 2.05) is 32.0 Å². The van der Waals surface area contributed by atoms with Gasteiger partial charge in [-0.2, -0.15) is 5.10 Å². The van der Waals surface area contributed by atoms with Crippen LogP contribution in [0.5, 0.6) is 0 Å². The van der Waals surface area contributed by atoms with Gasteiger partial charge in [-0.15, -0.1) is 0 Å². The number of nitrogens with zero attached hydrogens (tertiary/aromatic N) is 2. The van der Waals surface area contributed by atoms with E-state index in [-0.39, 0.29) is 11.9 Å². The normalized spacial score (nSPS) is 12.4. The molecule has 0 bridgehead atoms. The van der Waals surface area contributed by atoms with Crippen LogP contribution in [0.2, 0.25) is 0 Å². The molecular weight excluding hydrogens is 250 g/mol. The second-order valence-corrected chi connectivity index (χ2v) is 5.35. The summed E-state index contributed by atoms with van der Waals surface area (Å²) in [6, 6.07) is 7.59. The molecule has 1 N–H and O–H groups in total. The van der Waals surface area contributed by atoms with Crippen LogP contribution in [0, 0.1) is 6.92 Å². The van der Waals surface area contributed by atoms with Gasteiger partial charge in [-0.05, 0) is 37.0 Å². The number of amides is 1. The SMILES string of the molecule is Cc1cccc(C(C)C)c1NC(=O)C(C)n1cccn1. The second kappa shape index (κ2) is 5.90. The highest BCUT2D eigenvalue weighted by Gasteiger charge is 2.18. The van der Waals surface area contributed by atoms with E-state index >= 15 is 0 Å². The van der Waals surface area contributed by atoms with Gasteiger partial charge in [0.15, 0.2) is 0 Å². The van der Waals surface area contributed by atoms with Crippen molar-refractivity contribution >= 4 is 11.6 Å². The molecule has 0 aliphatic carbocycles. The number of aryl methyl sites for hydroxylation is 1.